The SMILES string of the molecule is O=C(O)c1cccc(CN2CCC(c3nn(C4CC4)c4ccc(C(c5ccc(F)cc5)c5ccc(F)cc5)cc34)CC2)c1. The number of nitrogens with zero attached hydrogens (tertiary/aromatic N) is 3. The predicted octanol–water partition coefficient (Wildman–Crippen LogP) is 7.91. The van der Waals surface area contributed by atoms with E-state index in [1.807, 2.05) is 36.4 Å². The molecule has 2 heterocycles. The van der Waals surface area contributed by atoms with Crippen LogP contribution in [0.3, 0.4) is 0 Å². The average Bonchev–Trinajstić information content (AvgIpc) is 3.80. The zero-order valence-electron chi connectivity index (χ0n) is 23.8. The zero-order valence-corrected chi connectivity index (χ0v) is 23.8. The van der Waals surface area contributed by atoms with Gasteiger partial charge in [0.15, 0.2) is 0 Å². The van der Waals surface area contributed by atoms with Gasteiger partial charge in [-0.1, -0.05) is 42.5 Å². The molecule has 1 aromatic heterocycles. The lowest BCUT2D eigenvalue weighted by Crippen LogP contribution is -2.32. The molecule has 1 aliphatic heterocycles. The van der Waals surface area contributed by atoms with Crippen LogP contribution in [0.5, 0.6) is 0 Å². The molecule has 0 spiro atoms. The molecule has 0 atom stereocenters. The molecule has 0 radical (unpaired) electrons. The normalized spacial score (nSPS) is 16.3. The average molecular weight is 578 g/mol. The van der Waals surface area contributed by atoms with Crippen LogP contribution in [-0.4, -0.2) is 38.8 Å². The second-order valence-electron chi connectivity index (χ2n) is 11.9. The molecule has 1 N–H and O–H groups in total. The van der Waals surface area contributed by atoms with Gasteiger partial charge in [-0.15, -0.1) is 0 Å². The van der Waals surface area contributed by atoms with Crippen molar-refractivity contribution in [3.63, 3.8) is 0 Å². The number of carboxylic acid groups (broad SMARTS) is 1. The lowest BCUT2D eigenvalue weighted by molar-refractivity contribution is 0.0696. The molecular weight excluding hydrogens is 544 g/mol. The summed E-state index contributed by atoms with van der Waals surface area (Å²) in [6, 6.07) is 27.3. The van der Waals surface area contributed by atoms with Crippen LogP contribution in [0.1, 0.15) is 81.9 Å². The number of fused-ring (bicyclic) bond motifs is 1. The lowest BCUT2D eigenvalue weighted by Gasteiger charge is -2.31. The minimum atomic E-state index is -0.904. The number of halogens is 2. The summed E-state index contributed by atoms with van der Waals surface area (Å²) >= 11 is 0. The van der Waals surface area contributed by atoms with Crippen molar-refractivity contribution >= 4 is 16.9 Å². The van der Waals surface area contributed by atoms with E-state index in [2.05, 4.69) is 27.8 Å². The fraction of sp³-hybridized carbons (Fsp3) is 0.278. The summed E-state index contributed by atoms with van der Waals surface area (Å²) in [5.74, 6) is -1.34. The Morgan fingerprint density at radius 3 is 2.05 bits per heavy atom. The molecular formula is C36H33F2N3O2. The summed E-state index contributed by atoms with van der Waals surface area (Å²) < 4.78 is 30.0. The van der Waals surface area contributed by atoms with E-state index in [4.69, 9.17) is 5.10 Å². The molecule has 0 amide bonds. The maximum atomic E-state index is 13.9. The fourth-order valence-corrected chi connectivity index (χ4v) is 6.57. The quantitative estimate of drug-likeness (QED) is 0.191. The number of carboxylic acids is 1. The third kappa shape index (κ3) is 5.69. The molecule has 7 rings (SSSR count). The minimum absolute atomic E-state index is 0.175. The minimum Gasteiger partial charge on any atom is -0.478 e. The predicted molar refractivity (Wildman–Crippen MR) is 162 cm³/mol. The van der Waals surface area contributed by atoms with E-state index >= 15 is 0 Å². The Hall–Kier alpha value is -4.36. The monoisotopic (exact) mass is 577 g/mol. The topological polar surface area (TPSA) is 58.4 Å². The summed E-state index contributed by atoms with van der Waals surface area (Å²) in [5, 5.41) is 15.7. The highest BCUT2D eigenvalue weighted by atomic mass is 19.1. The van der Waals surface area contributed by atoms with Gasteiger partial charge in [0.1, 0.15) is 11.6 Å². The van der Waals surface area contributed by atoms with Crippen molar-refractivity contribution < 1.29 is 18.7 Å². The van der Waals surface area contributed by atoms with Gasteiger partial charge in [-0.05, 0) is 110 Å². The van der Waals surface area contributed by atoms with Gasteiger partial charge in [-0.2, -0.15) is 5.10 Å². The van der Waals surface area contributed by atoms with Crippen LogP contribution >= 0.6 is 0 Å². The maximum absolute atomic E-state index is 13.9. The highest BCUT2D eigenvalue weighted by Crippen LogP contribution is 2.42. The van der Waals surface area contributed by atoms with Gasteiger partial charge in [-0.3, -0.25) is 9.58 Å². The Balaban J connectivity index is 1.20. The summed E-state index contributed by atoms with van der Waals surface area (Å²) in [6.45, 7) is 2.55. The number of carbonyl (C=O) groups is 1. The van der Waals surface area contributed by atoms with E-state index in [9.17, 15) is 18.7 Å². The van der Waals surface area contributed by atoms with Crippen LogP contribution in [0.4, 0.5) is 8.78 Å². The van der Waals surface area contributed by atoms with Gasteiger partial charge in [0.05, 0.1) is 22.8 Å². The van der Waals surface area contributed by atoms with Crippen molar-refractivity contribution in [1.29, 1.82) is 0 Å². The van der Waals surface area contributed by atoms with Gasteiger partial charge >= 0.3 is 5.97 Å². The van der Waals surface area contributed by atoms with E-state index in [0.29, 0.717) is 17.5 Å². The molecule has 4 aromatic carbocycles. The molecule has 0 bridgehead atoms. The van der Waals surface area contributed by atoms with E-state index in [1.165, 1.54) is 24.3 Å². The molecule has 5 aromatic rings. The smallest absolute Gasteiger partial charge is 0.335 e. The van der Waals surface area contributed by atoms with Crippen molar-refractivity contribution in [3.05, 3.63) is 136 Å². The number of hydrogen-bond acceptors (Lipinski definition) is 3. The van der Waals surface area contributed by atoms with Gasteiger partial charge < -0.3 is 5.11 Å². The molecule has 43 heavy (non-hydrogen) atoms. The van der Waals surface area contributed by atoms with E-state index in [0.717, 1.165) is 84.2 Å². The van der Waals surface area contributed by atoms with E-state index < -0.39 is 5.97 Å². The van der Waals surface area contributed by atoms with Gasteiger partial charge in [0, 0.05) is 23.8 Å². The van der Waals surface area contributed by atoms with Crippen molar-refractivity contribution in [2.75, 3.05) is 13.1 Å². The Morgan fingerprint density at radius 2 is 1.44 bits per heavy atom. The second kappa shape index (κ2) is 11.4. The van der Waals surface area contributed by atoms with Crippen molar-refractivity contribution in [3.8, 4) is 0 Å². The molecule has 1 aliphatic carbocycles. The van der Waals surface area contributed by atoms with Crippen LogP contribution in [-0.2, 0) is 6.54 Å². The summed E-state index contributed by atoms with van der Waals surface area (Å²) in [6.07, 6.45) is 4.22. The first-order chi connectivity index (χ1) is 20.9. The fourth-order valence-electron chi connectivity index (χ4n) is 6.57. The Labute approximate surface area is 249 Å². The Bertz CT molecular complexity index is 1720. The zero-order chi connectivity index (χ0) is 29.5. The number of hydrogen-bond donors (Lipinski definition) is 1. The van der Waals surface area contributed by atoms with Crippen molar-refractivity contribution in [2.45, 2.75) is 50.1 Å². The summed E-state index contributed by atoms with van der Waals surface area (Å²) in [5.41, 5.74) is 6.57. The molecule has 2 fully saturated rings. The first-order valence-corrected chi connectivity index (χ1v) is 15.0. The third-order valence-corrected chi connectivity index (χ3v) is 8.95. The Morgan fingerprint density at radius 1 is 0.814 bits per heavy atom. The molecule has 5 nitrogen and oxygen atoms in total. The summed E-state index contributed by atoms with van der Waals surface area (Å²) in [7, 11) is 0. The molecule has 218 valence electrons. The van der Waals surface area contributed by atoms with Gasteiger partial charge in [0.25, 0.3) is 0 Å². The number of rotatable bonds is 8. The first kappa shape index (κ1) is 27.5. The first-order valence-electron chi connectivity index (χ1n) is 15.0. The van der Waals surface area contributed by atoms with Crippen LogP contribution < -0.4 is 0 Å². The van der Waals surface area contributed by atoms with E-state index in [1.54, 1.807) is 12.1 Å². The number of aromatic carboxylic acids is 1. The number of aromatic nitrogens is 2. The number of likely N-dealkylation sites (tertiary alicyclic amines) is 1. The number of piperidine rings is 1. The Kier molecular flexibility index (Phi) is 7.27. The maximum Gasteiger partial charge on any atom is 0.335 e. The highest BCUT2D eigenvalue weighted by molar-refractivity contribution is 5.87. The van der Waals surface area contributed by atoms with Gasteiger partial charge in [-0.25, -0.2) is 13.6 Å². The number of benzene rings is 4. The molecule has 1 saturated heterocycles. The standard InChI is InChI=1S/C36H33F2N3O2/c37-29-9-4-24(5-10-29)34(25-6-11-30(38)12-7-25)27-8-15-33-32(21-27)35(39-41(33)31-13-14-31)26-16-18-40(19-17-26)22-23-2-1-3-28(20-23)36(42)43/h1-12,15,20-21,26,31,34H,13-14,16-19,22H2,(H,42,43). The third-order valence-electron chi connectivity index (χ3n) is 8.95. The highest BCUT2D eigenvalue weighted by Gasteiger charge is 2.31. The van der Waals surface area contributed by atoms with E-state index in [-0.39, 0.29) is 17.6 Å². The van der Waals surface area contributed by atoms with Crippen molar-refractivity contribution in [2.24, 2.45) is 0 Å². The van der Waals surface area contributed by atoms with Crippen LogP contribution in [0.25, 0.3) is 10.9 Å². The molecule has 0 unspecified atom stereocenters. The van der Waals surface area contributed by atoms with Crippen LogP contribution in [0.15, 0.2) is 91.0 Å². The largest absolute Gasteiger partial charge is 0.478 e. The van der Waals surface area contributed by atoms with Gasteiger partial charge in [0.2, 0.25) is 0 Å². The van der Waals surface area contributed by atoms with Crippen molar-refractivity contribution in [1.82, 2.24) is 14.7 Å². The second-order valence-corrected chi connectivity index (χ2v) is 11.9. The summed E-state index contributed by atoms with van der Waals surface area (Å²) in [4.78, 5) is 13.8. The lowest BCUT2D eigenvalue weighted by atomic mass is 9.84. The molecule has 2 aliphatic rings. The molecule has 1 saturated carbocycles. The van der Waals surface area contributed by atoms with Crippen LogP contribution in [0, 0.1) is 11.6 Å². The van der Waals surface area contributed by atoms with Crippen LogP contribution in [0.2, 0.25) is 0 Å². The molecule has 7 heteroatoms.